The SMILES string of the molecule is CCN1C(=O)C(=Cc2ccc(N(c3ccccc3)c3ccccc3)[se]2)C(=O)N(CC)C1=S.[C-]#[N+]C(C#N)=c1n(C)c(=O)c(=Cc2ccc(N(c3ccccc3)c3cccc4ccccc34)[se]2)c(=O)n1C.[C-]#[N+]C(C#N)=c1n(C)c(=O)c(=Cc2ccc(N(c3ccccc3)c3ccccc3)[se]2)c(=O)n1C. The van der Waals surface area contributed by atoms with Crippen LogP contribution in [0.2, 0.25) is 0 Å². The molecule has 0 bridgehead atoms. The summed E-state index contributed by atoms with van der Waals surface area (Å²) in [6, 6.07) is 80.5. The number of para-hydroxylation sites is 5. The molecule has 0 aliphatic carbocycles. The van der Waals surface area contributed by atoms with E-state index in [0.29, 0.717) is 13.1 Å². The number of carbonyl (C=O) groups excluding carboxylic acids is 2. The van der Waals surface area contributed by atoms with E-state index in [-0.39, 0.29) is 98.8 Å². The van der Waals surface area contributed by atoms with E-state index < -0.39 is 22.2 Å². The number of hydrogen-bond donors (Lipinski definition) is 0. The van der Waals surface area contributed by atoms with Gasteiger partial charge in [-0.3, -0.25) is 0 Å². The minimum atomic E-state index is -0.543. The van der Waals surface area contributed by atoms with Crippen molar-refractivity contribution < 1.29 is 9.59 Å². The summed E-state index contributed by atoms with van der Waals surface area (Å²) in [6.07, 6.45) is 5.00. The molecule has 0 spiro atoms. The van der Waals surface area contributed by atoms with E-state index in [1.54, 1.807) is 30.4 Å². The Hall–Kier alpha value is -12.2. The van der Waals surface area contributed by atoms with Gasteiger partial charge in [0.05, 0.1) is 0 Å². The monoisotopic (exact) mass is 1590 g/mol. The van der Waals surface area contributed by atoms with Gasteiger partial charge in [0.15, 0.2) is 0 Å². The standard InChI is InChI=1S/C30H21N5O2Se.C26H19N5O2Se.C25H23N3O2SSe/c1-32-25(19-31)28-33(2)29(36)24(30(37)34(28)3)18-22-16-17-27(38-22)35(21-12-5-4-6-13-21)26-15-9-11-20-10-7-8-14-23(20)26;1-28-22(17-27)24-29(2)25(32)21(26(33)30(24)3)16-20-14-15-23(34-20)31(18-10-6-4-7-11-18)19-12-8-5-9-13-19;1-3-26-23(29)21(24(30)27(4-2)25(26)31)17-20-15-16-22(32-20)28(18-11-7-5-8-12-18)19-13-9-6-10-14-19/h4-18H,2-3H3;4-16H,2-3H3;5-17H,3-4H2,1-2H3. The number of thiocarbonyl (C=S) groups is 1. The molecule has 104 heavy (non-hydrogen) atoms. The van der Waals surface area contributed by atoms with Crippen LogP contribution in [-0.4, -0.2) is 102 Å². The van der Waals surface area contributed by atoms with Gasteiger partial charge >= 0.3 is 626 Å². The van der Waals surface area contributed by atoms with Crippen molar-refractivity contribution >= 4 is 161 Å². The Kier molecular flexibility index (Phi) is 23.2. The van der Waals surface area contributed by atoms with Gasteiger partial charge in [-0.25, -0.2) is 0 Å². The first-order valence-corrected chi connectivity index (χ1v) is 37.9. The van der Waals surface area contributed by atoms with Crippen molar-refractivity contribution in [2.75, 3.05) is 27.8 Å². The number of anilines is 9. The van der Waals surface area contributed by atoms with Gasteiger partial charge in [0.2, 0.25) is 0 Å². The van der Waals surface area contributed by atoms with Crippen molar-refractivity contribution in [2.24, 2.45) is 28.2 Å². The third kappa shape index (κ3) is 15.2. The van der Waals surface area contributed by atoms with Crippen LogP contribution in [0.15, 0.2) is 255 Å². The van der Waals surface area contributed by atoms with Crippen molar-refractivity contribution in [3.63, 3.8) is 0 Å². The first-order valence-electron chi connectivity index (χ1n) is 32.4. The number of rotatable bonds is 14. The van der Waals surface area contributed by atoms with Crippen LogP contribution in [0.25, 0.3) is 50.1 Å². The molecule has 5 aromatic heterocycles. The van der Waals surface area contributed by atoms with E-state index in [9.17, 15) is 39.3 Å². The molecular weight excluding hydrogens is 1520 g/mol. The van der Waals surface area contributed by atoms with E-state index in [2.05, 4.69) is 91.1 Å². The van der Waals surface area contributed by atoms with Gasteiger partial charge in [0.25, 0.3) is 0 Å². The molecule has 0 radical (unpaired) electrons. The van der Waals surface area contributed by atoms with E-state index in [4.69, 9.17) is 25.4 Å². The fraction of sp³-hybridized carbons (Fsp3) is 0.0988. The molecule has 1 aliphatic rings. The molecule has 512 valence electrons. The summed E-state index contributed by atoms with van der Waals surface area (Å²) in [7, 11) is 5.85. The second-order valence-corrected chi connectivity index (χ2v) is 30.3. The molecule has 13 rings (SSSR count). The van der Waals surface area contributed by atoms with Crippen LogP contribution in [0.1, 0.15) is 27.2 Å². The molecule has 12 aromatic rings. The van der Waals surface area contributed by atoms with Crippen LogP contribution < -0.4 is 58.3 Å². The van der Waals surface area contributed by atoms with Gasteiger partial charge in [-0.05, 0) is 0 Å². The van der Waals surface area contributed by atoms with Crippen LogP contribution >= 0.6 is 12.2 Å². The maximum atomic E-state index is 13.1. The van der Waals surface area contributed by atoms with Gasteiger partial charge in [0.1, 0.15) is 0 Å². The predicted molar refractivity (Wildman–Crippen MR) is 418 cm³/mol. The van der Waals surface area contributed by atoms with Crippen molar-refractivity contribution in [1.29, 1.82) is 10.5 Å². The predicted octanol–water partition coefficient (Wildman–Crippen LogP) is 9.73. The summed E-state index contributed by atoms with van der Waals surface area (Å²) in [5.41, 5.74) is 3.62. The Morgan fingerprint density at radius 2 is 0.731 bits per heavy atom. The summed E-state index contributed by atoms with van der Waals surface area (Å²) in [5, 5.41) is 21.1. The molecule has 23 heteroatoms. The normalized spacial score (nSPS) is 11.6. The quantitative estimate of drug-likeness (QED) is 0.0329. The van der Waals surface area contributed by atoms with E-state index in [1.807, 2.05) is 178 Å². The second-order valence-electron chi connectivity index (χ2n) is 23.0. The number of nitrogens with zero attached hydrogens (tertiary/aromatic N) is 13. The number of fused-ring (bicyclic) bond motifs is 1. The molecule has 19 nitrogen and oxygen atoms in total. The molecule has 0 unspecified atom stereocenters. The molecule has 1 aliphatic heterocycles. The molecule has 1 fully saturated rings. The summed E-state index contributed by atoms with van der Waals surface area (Å²) < 4.78 is 10.7. The number of carbonyl (C=O) groups is 2. The molecule has 2 amide bonds. The van der Waals surface area contributed by atoms with Gasteiger partial charge in [-0.15, -0.1) is 0 Å². The van der Waals surface area contributed by atoms with Gasteiger partial charge in [-0.1, -0.05) is 0 Å². The molecule has 0 saturated carbocycles. The van der Waals surface area contributed by atoms with Crippen LogP contribution in [0, 0.1) is 35.8 Å². The van der Waals surface area contributed by atoms with E-state index in [1.165, 1.54) is 56.3 Å². The number of benzene rings is 7. The van der Waals surface area contributed by atoms with E-state index in [0.717, 1.165) is 71.9 Å². The maximum absolute atomic E-state index is 13.1. The Balaban J connectivity index is 0.000000157. The summed E-state index contributed by atoms with van der Waals surface area (Å²) >= 11 is 4.90. The third-order valence-corrected chi connectivity index (χ3v) is 23.6. The number of aromatic nitrogens is 4. The zero-order chi connectivity index (χ0) is 73.7. The van der Waals surface area contributed by atoms with Crippen LogP contribution in [-0.2, 0) is 37.8 Å². The summed E-state index contributed by atoms with van der Waals surface area (Å²) in [5.74, 6) is -0.638. The Bertz CT molecular complexity index is 5810. The molecule has 0 atom stereocenters. The van der Waals surface area contributed by atoms with Crippen LogP contribution in [0.4, 0.5) is 47.8 Å². The fourth-order valence-electron chi connectivity index (χ4n) is 11.8. The first-order chi connectivity index (χ1) is 50.4. The molecule has 7 aromatic carbocycles. The molecule has 6 heterocycles. The fourth-order valence-corrected chi connectivity index (χ4v) is 18.4. The molecule has 1 saturated heterocycles. The Morgan fingerprint density at radius 3 is 1.07 bits per heavy atom. The topological polar surface area (TPSA) is 195 Å². The van der Waals surface area contributed by atoms with E-state index >= 15 is 0 Å². The zero-order valence-electron chi connectivity index (χ0n) is 57.0. The molecular formula is C81H63N13O6SSe3. The van der Waals surface area contributed by atoms with Gasteiger partial charge in [0, 0.05) is 0 Å². The number of nitriles is 2. The van der Waals surface area contributed by atoms with Gasteiger partial charge in [-0.2, -0.15) is 0 Å². The Labute approximate surface area is 621 Å². The van der Waals surface area contributed by atoms with Crippen LogP contribution in [0.3, 0.4) is 0 Å². The van der Waals surface area contributed by atoms with Crippen molar-refractivity contribution in [1.82, 2.24) is 28.1 Å². The Morgan fingerprint density at radius 1 is 0.423 bits per heavy atom. The number of likely N-dealkylation sites (N-methyl/N-ethyl adjacent to an activating group) is 2. The van der Waals surface area contributed by atoms with Crippen molar-refractivity contribution in [2.45, 2.75) is 13.8 Å². The van der Waals surface area contributed by atoms with Gasteiger partial charge < -0.3 is 0 Å². The average molecular weight is 1580 g/mol. The summed E-state index contributed by atoms with van der Waals surface area (Å²) in [4.78, 5) is 94.1. The number of hydrogen-bond acceptors (Lipinski definition) is 12. The second kappa shape index (κ2) is 33.0. The van der Waals surface area contributed by atoms with Crippen molar-refractivity contribution in [3.05, 3.63) is 335 Å². The zero-order valence-corrected chi connectivity index (χ0v) is 62.9. The molecule has 0 N–H and O–H groups in total. The van der Waals surface area contributed by atoms with Crippen LogP contribution in [0.5, 0.6) is 0 Å². The first kappa shape index (κ1) is 73.0. The van der Waals surface area contributed by atoms with Crippen molar-refractivity contribution in [3.8, 4) is 12.1 Å². The summed E-state index contributed by atoms with van der Waals surface area (Å²) in [6.45, 7) is 19.0. The third-order valence-electron chi connectivity index (χ3n) is 16.8. The average Bonchev–Trinajstić information content (AvgIpc) is 1.37. The number of amides is 2. The minimum absolute atomic E-state index is 0.000201.